The van der Waals surface area contributed by atoms with Gasteiger partial charge in [-0.3, -0.25) is 0 Å². The number of pyridine rings is 1. The van der Waals surface area contributed by atoms with Gasteiger partial charge in [-0.1, -0.05) is 0 Å². The molecule has 0 aromatic carbocycles. The fraction of sp³-hybridized carbons (Fsp3) is 0.333. The Kier molecular flexibility index (Phi) is 3.70. The van der Waals surface area contributed by atoms with E-state index in [4.69, 9.17) is 16.1 Å². The first-order valence-corrected chi connectivity index (χ1v) is 4.28. The fourth-order valence-electron chi connectivity index (χ4n) is 0.976. The second kappa shape index (κ2) is 5.04. The summed E-state index contributed by atoms with van der Waals surface area (Å²) in [7, 11) is 0. The van der Waals surface area contributed by atoms with Crippen LogP contribution in [0.15, 0.2) is 12.3 Å². The van der Waals surface area contributed by atoms with E-state index in [1.807, 2.05) is 6.07 Å². The van der Waals surface area contributed by atoms with Gasteiger partial charge in [0.25, 0.3) is 0 Å². The number of nitrogens with one attached hydrogen (secondary N) is 1. The van der Waals surface area contributed by atoms with Crippen molar-refractivity contribution in [1.82, 2.24) is 4.98 Å². The van der Waals surface area contributed by atoms with Crippen molar-refractivity contribution < 1.29 is 5.11 Å². The van der Waals surface area contributed by atoms with E-state index in [0.717, 1.165) is 0 Å². The maximum atomic E-state index is 8.57. The summed E-state index contributed by atoms with van der Waals surface area (Å²) in [6.07, 6.45) is 2.10. The van der Waals surface area contributed by atoms with E-state index in [0.29, 0.717) is 30.0 Å². The zero-order chi connectivity index (χ0) is 10.4. The predicted octanol–water partition coefficient (Wildman–Crippen LogP) is 0.330. The topological polar surface area (TPSA) is 95.0 Å². The molecular weight excluding hydrogens is 180 g/mol. The number of hydrogen-bond acceptors (Lipinski definition) is 5. The highest BCUT2D eigenvalue weighted by molar-refractivity contribution is 5.62. The highest BCUT2D eigenvalue weighted by Crippen LogP contribution is 2.15. The average molecular weight is 192 g/mol. The van der Waals surface area contributed by atoms with Crippen LogP contribution in [0.25, 0.3) is 0 Å². The Morgan fingerprint density at radius 1 is 1.64 bits per heavy atom. The lowest BCUT2D eigenvalue weighted by Crippen LogP contribution is -2.07. The molecule has 0 unspecified atom stereocenters. The SMILES string of the molecule is N#Cc1cnc(NCCCO)c(N)c1. The molecule has 1 aromatic rings. The molecule has 0 aliphatic rings. The van der Waals surface area contributed by atoms with Crippen molar-refractivity contribution in [2.75, 3.05) is 24.2 Å². The van der Waals surface area contributed by atoms with Gasteiger partial charge in [0.15, 0.2) is 0 Å². The molecule has 0 saturated carbocycles. The Morgan fingerprint density at radius 3 is 3.00 bits per heavy atom. The maximum absolute atomic E-state index is 8.57. The molecule has 14 heavy (non-hydrogen) atoms. The third kappa shape index (κ3) is 2.61. The zero-order valence-corrected chi connectivity index (χ0v) is 7.70. The number of hydrogen-bond donors (Lipinski definition) is 3. The third-order valence-electron chi connectivity index (χ3n) is 1.67. The van der Waals surface area contributed by atoms with Crippen molar-refractivity contribution >= 4 is 11.5 Å². The molecule has 0 atom stereocenters. The lowest BCUT2D eigenvalue weighted by atomic mass is 10.3. The van der Waals surface area contributed by atoms with Crippen LogP contribution in [-0.2, 0) is 0 Å². The third-order valence-corrected chi connectivity index (χ3v) is 1.67. The van der Waals surface area contributed by atoms with Crippen molar-refractivity contribution in [3.05, 3.63) is 17.8 Å². The molecule has 0 spiro atoms. The Labute approximate surface area is 82.2 Å². The van der Waals surface area contributed by atoms with Gasteiger partial charge in [0.1, 0.15) is 11.9 Å². The number of rotatable bonds is 4. The summed E-state index contributed by atoms with van der Waals surface area (Å²) in [6.45, 7) is 0.739. The van der Waals surface area contributed by atoms with Crippen LogP contribution in [0.2, 0.25) is 0 Å². The lowest BCUT2D eigenvalue weighted by Gasteiger charge is -2.06. The largest absolute Gasteiger partial charge is 0.396 e. The van der Waals surface area contributed by atoms with Gasteiger partial charge in [-0.05, 0) is 12.5 Å². The van der Waals surface area contributed by atoms with Crippen molar-refractivity contribution in [3.63, 3.8) is 0 Å². The van der Waals surface area contributed by atoms with Crippen molar-refractivity contribution in [3.8, 4) is 6.07 Å². The zero-order valence-electron chi connectivity index (χ0n) is 7.70. The van der Waals surface area contributed by atoms with Gasteiger partial charge >= 0.3 is 0 Å². The van der Waals surface area contributed by atoms with Crippen molar-refractivity contribution in [1.29, 1.82) is 5.26 Å². The van der Waals surface area contributed by atoms with E-state index in [2.05, 4.69) is 10.3 Å². The Hall–Kier alpha value is -1.80. The summed E-state index contributed by atoms with van der Waals surface area (Å²) in [5, 5.41) is 20.1. The van der Waals surface area contributed by atoms with Crippen molar-refractivity contribution in [2.45, 2.75) is 6.42 Å². The number of aliphatic hydroxyl groups is 1. The summed E-state index contributed by atoms with van der Waals surface area (Å²) in [5.41, 5.74) is 6.53. The number of nitrogens with zero attached hydrogens (tertiary/aromatic N) is 2. The van der Waals surface area contributed by atoms with Gasteiger partial charge in [-0.15, -0.1) is 0 Å². The summed E-state index contributed by atoms with van der Waals surface area (Å²) >= 11 is 0. The fourth-order valence-corrected chi connectivity index (χ4v) is 0.976. The second-order valence-electron chi connectivity index (χ2n) is 2.78. The number of nitrogen functional groups attached to an aromatic ring is 1. The van der Waals surface area contributed by atoms with E-state index in [1.165, 1.54) is 6.20 Å². The predicted molar refractivity (Wildman–Crippen MR) is 53.6 cm³/mol. The standard InChI is InChI=1S/C9H12N4O/c10-5-7-4-8(11)9(13-6-7)12-2-1-3-14/h4,6,14H,1-3,11H2,(H,12,13). The van der Waals surface area contributed by atoms with Gasteiger partial charge in [0, 0.05) is 19.3 Å². The van der Waals surface area contributed by atoms with Crippen LogP contribution in [0.4, 0.5) is 11.5 Å². The van der Waals surface area contributed by atoms with Crippen LogP contribution in [-0.4, -0.2) is 23.2 Å². The molecule has 0 aliphatic heterocycles. The van der Waals surface area contributed by atoms with Gasteiger partial charge in [-0.25, -0.2) is 4.98 Å². The minimum Gasteiger partial charge on any atom is -0.396 e. The summed E-state index contributed by atoms with van der Waals surface area (Å²) < 4.78 is 0. The molecule has 1 aromatic heterocycles. The van der Waals surface area contributed by atoms with Crippen LogP contribution in [0.3, 0.4) is 0 Å². The van der Waals surface area contributed by atoms with Crippen LogP contribution in [0, 0.1) is 11.3 Å². The molecule has 1 rings (SSSR count). The van der Waals surface area contributed by atoms with Gasteiger partial charge < -0.3 is 16.2 Å². The Bertz CT molecular complexity index is 345. The molecule has 0 fully saturated rings. The van der Waals surface area contributed by atoms with Crippen LogP contribution in [0.1, 0.15) is 12.0 Å². The second-order valence-corrected chi connectivity index (χ2v) is 2.78. The van der Waals surface area contributed by atoms with E-state index in [9.17, 15) is 0 Å². The van der Waals surface area contributed by atoms with Gasteiger partial charge in [0.05, 0.1) is 11.3 Å². The first-order valence-electron chi connectivity index (χ1n) is 4.28. The molecular formula is C9H12N4O. The number of nitriles is 1. The summed E-state index contributed by atoms with van der Waals surface area (Å²) in [6, 6.07) is 3.52. The van der Waals surface area contributed by atoms with Crippen LogP contribution in [0.5, 0.6) is 0 Å². The molecule has 5 heteroatoms. The monoisotopic (exact) mass is 192 g/mol. The Morgan fingerprint density at radius 2 is 2.43 bits per heavy atom. The number of aromatic nitrogens is 1. The van der Waals surface area contributed by atoms with Crippen molar-refractivity contribution in [2.24, 2.45) is 0 Å². The minimum absolute atomic E-state index is 0.128. The number of aliphatic hydroxyl groups excluding tert-OH is 1. The van der Waals surface area contributed by atoms with E-state index in [1.54, 1.807) is 6.07 Å². The first kappa shape index (κ1) is 10.3. The van der Waals surface area contributed by atoms with Crippen LogP contribution >= 0.6 is 0 Å². The van der Waals surface area contributed by atoms with E-state index < -0.39 is 0 Å². The lowest BCUT2D eigenvalue weighted by molar-refractivity contribution is 0.292. The molecule has 0 bridgehead atoms. The van der Waals surface area contributed by atoms with E-state index in [-0.39, 0.29) is 6.61 Å². The quantitative estimate of drug-likeness (QED) is 0.597. The normalized spacial score (nSPS) is 9.43. The summed E-state index contributed by atoms with van der Waals surface area (Å²) in [5.74, 6) is 0.553. The Balaban J connectivity index is 2.65. The van der Waals surface area contributed by atoms with E-state index >= 15 is 0 Å². The average Bonchev–Trinajstić information content (AvgIpc) is 2.20. The van der Waals surface area contributed by atoms with Gasteiger partial charge in [-0.2, -0.15) is 5.26 Å². The molecule has 74 valence electrons. The first-order chi connectivity index (χ1) is 6.77. The van der Waals surface area contributed by atoms with Gasteiger partial charge in [0.2, 0.25) is 0 Å². The maximum Gasteiger partial charge on any atom is 0.149 e. The molecule has 4 N–H and O–H groups in total. The molecule has 0 aliphatic carbocycles. The molecule has 0 amide bonds. The minimum atomic E-state index is 0.128. The highest BCUT2D eigenvalue weighted by Gasteiger charge is 2.00. The molecule has 1 heterocycles. The smallest absolute Gasteiger partial charge is 0.149 e. The highest BCUT2D eigenvalue weighted by atomic mass is 16.3. The molecule has 0 radical (unpaired) electrons. The summed E-state index contributed by atoms with van der Waals surface area (Å²) in [4.78, 5) is 3.98. The molecule has 0 saturated heterocycles. The van der Waals surface area contributed by atoms with Crippen LogP contribution < -0.4 is 11.1 Å². The number of nitrogens with two attached hydrogens (primary N) is 1. The molecule has 5 nitrogen and oxygen atoms in total. The number of anilines is 2.